The molecule has 0 spiro atoms. The van der Waals surface area contributed by atoms with E-state index in [1.54, 1.807) is 41.5 Å². The Balaban J connectivity index is 0. The van der Waals surface area contributed by atoms with Crippen LogP contribution < -0.4 is 29.5 Å². The van der Waals surface area contributed by atoms with Gasteiger partial charge in [-0.05, 0) is 53.4 Å². The van der Waals surface area contributed by atoms with Gasteiger partial charge in [0.2, 0.25) is 11.8 Å². The number of carboxylic acid groups (broad SMARTS) is 1. The second kappa shape index (κ2) is 17.5. The molecule has 2 aromatic rings. The summed E-state index contributed by atoms with van der Waals surface area (Å²) in [7, 11) is 1.26. The van der Waals surface area contributed by atoms with Crippen LogP contribution in [0.5, 0.6) is 0 Å². The van der Waals surface area contributed by atoms with Crippen LogP contribution in [0.3, 0.4) is 0 Å². The molecule has 4 N–H and O–H groups in total. The van der Waals surface area contributed by atoms with E-state index in [0.29, 0.717) is 0 Å². The van der Waals surface area contributed by atoms with Crippen molar-refractivity contribution in [2.45, 2.75) is 92.5 Å². The molecular weight excluding hydrogens is 563 g/mol. The van der Waals surface area contributed by atoms with Crippen molar-refractivity contribution in [1.82, 2.24) is 20.6 Å². The van der Waals surface area contributed by atoms with Crippen LogP contribution in [0.1, 0.15) is 114 Å². The zero-order valence-corrected chi connectivity index (χ0v) is 26.9. The zero-order valence-electron chi connectivity index (χ0n) is 26.9. The van der Waals surface area contributed by atoms with Crippen LogP contribution in [0.15, 0.2) is 21.4 Å². The molecule has 2 heterocycles. The number of alkyl carbamates (subject to hydrolysis) is 2. The van der Waals surface area contributed by atoms with Gasteiger partial charge in [0.15, 0.2) is 11.4 Å². The van der Waals surface area contributed by atoms with Crippen LogP contribution in [0.25, 0.3) is 0 Å². The van der Waals surface area contributed by atoms with Gasteiger partial charge in [-0.1, -0.05) is 27.7 Å². The van der Waals surface area contributed by atoms with E-state index in [4.69, 9.17) is 23.4 Å². The van der Waals surface area contributed by atoms with Crippen LogP contribution in [-0.4, -0.2) is 63.0 Å². The average Bonchev–Trinajstić information content (AvgIpc) is 3.48. The molecule has 0 aromatic carbocycles. The number of hydrogen-bond donors (Lipinski definition) is 3. The number of nitrogens with zero attached hydrogens (tertiary/aromatic N) is 2. The Labute approximate surface area is 263 Å². The number of esters is 1. The predicted octanol–water partition coefficient (Wildman–Crippen LogP) is 2.10. The van der Waals surface area contributed by atoms with Gasteiger partial charge in [-0.15, -0.1) is 0 Å². The van der Waals surface area contributed by atoms with E-state index in [0.717, 1.165) is 6.26 Å². The maximum atomic E-state index is 11.8. The van der Waals surface area contributed by atoms with Crippen molar-refractivity contribution < 1.29 is 71.7 Å². The SMILES string of the molecule is CC(C)C(NC(=O)OC(C)(C)C)c1nc(C(=O)O)co1.COC(=O)c1coc(C(NC(=O)OC(C)(C)C)C(C)C)n1.[Li+].[OH-]. The first-order valence-electron chi connectivity index (χ1n) is 13.0. The van der Waals surface area contributed by atoms with Crippen LogP contribution in [0, 0.1) is 11.8 Å². The summed E-state index contributed by atoms with van der Waals surface area (Å²) in [4.78, 5) is 53.7. The number of ether oxygens (including phenoxy) is 3. The van der Waals surface area contributed by atoms with E-state index in [9.17, 15) is 19.2 Å². The molecule has 43 heavy (non-hydrogen) atoms. The third-order valence-corrected chi connectivity index (χ3v) is 4.87. The second-order valence-electron chi connectivity index (χ2n) is 11.7. The standard InChI is InChI=1S/C14H22N2O5.C13H20N2O5.Li.H2O/c1-8(2)10(16-13(18)21-14(3,4)5)11-15-9(7-20-11)12(17)19-6;1-7(2)9(15-12(18)20-13(3,4)5)10-14-8(6-19-10)11(16)17;;/h7-8,10H,1-6H3,(H,16,18);6-7,9H,1-5H3,(H,15,18)(H,16,17);;1H2/q;;+1;/p-1. The molecule has 2 amide bonds. The number of aromatic carboxylic acids is 1. The largest absolute Gasteiger partial charge is 1.00 e. The Morgan fingerprint density at radius 1 is 0.767 bits per heavy atom. The fourth-order valence-corrected chi connectivity index (χ4v) is 3.05. The molecule has 0 fully saturated rings. The smallest absolute Gasteiger partial charge is 0.870 e. The monoisotopic (exact) mass is 606 g/mol. The summed E-state index contributed by atoms with van der Waals surface area (Å²) in [5, 5.41) is 14.1. The molecule has 0 radical (unpaired) electrons. The molecule has 0 saturated heterocycles. The van der Waals surface area contributed by atoms with Crippen molar-refractivity contribution in [3.8, 4) is 0 Å². The van der Waals surface area contributed by atoms with Crippen LogP contribution in [0.4, 0.5) is 9.59 Å². The summed E-state index contributed by atoms with van der Waals surface area (Å²) in [5.74, 6) is -1.44. The van der Waals surface area contributed by atoms with Gasteiger partial charge in [0.05, 0.1) is 7.11 Å². The van der Waals surface area contributed by atoms with Gasteiger partial charge in [0.25, 0.3) is 0 Å². The molecular formula is C27H43LiN4O11. The molecule has 16 heteroatoms. The van der Waals surface area contributed by atoms with E-state index in [-0.39, 0.29) is 59.3 Å². The minimum atomic E-state index is -1.18. The van der Waals surface area contributed by atoms with Crippen molar-refractivity contribution in [2.24, 2.45) is 11.8 Å². The van der Waals surface area contributed by atoms with Gasteiger partial charge in [0.1, 0.15) is 35.8 Å². The van der Waals surface area contributed by atoms with E-state index < -0.39 is 47.4 Å². The number of hydrogen-bond acceptors (Lipinski definition) is 12. The van der Waals surface area contributed by atoms with Crippen molar-refractivity contribution in [1.29, 1.82) is 0 Å². The molecule has 0 bridgehead atoms. The predicted molar refractivity (Wildman–Crippen MR) is 147 cm³/mol. The molecule has 0 aliphatic carbocycles. The van der Waals surface area contributed by atoms with E-state index in [1.165, 1.54) is 13.4 Å². The summed E-state index contributed by atoms with van der Waals surface area (Å²) in [6.07, 6.45) is 1.07. The Morgan fingerprint density at radius 3 is 1.40 bits per heavy atom. The van der Waals surface area contributed by atoms with E-state index in [1.807, 2.05) is 27.7 Å². The van der Waals surface area contributed by atoms with Crippen LogP contribution >= 0.6 is 0 Å². The summed E-state index contributed by atoms with van der Waals surface area (Å²) >= 11 is 0. The molecule has 2 atom stereocenters. The molecule has 15 nitrogen and oxygen atoms in total. The summed E-state index contributed by atoms with van der Waals surface area (Å²) in [5.41, 5.74) is -1.35. The summed E-state index contributed by atoms with van der Waals surface area (Å²) in [6, 6.07) is -1.06. The molecule has 2 aromatic heterocycles. The van der Waals surface area contributed by atoms with Gasteiger partial charge >= 0.3 is 43.0 Å². The summed E-state index contributed by atoms with van der Waals surface area (Å²) < 4.78 is 25.3. The maximum Gasteiger partial charge on any atom is 1.00 e. The van der Waals surface area contributed by atoms with Gasteiger partial charge < -0.3 is 44.3 Å². The number of carboxylic acids is 1. The minimum Gasteiger partial charge on any atom is -0.870 e. The van der Waals surface area contributed by atoms with Crippen molar-refractivity contribution in [2.75, 3.05) is 7.11 Å². The number of rotatable bonds is 8. The van der Waals surface area contributed by atoms with E-state index in [2.05, 4.69) is 25.3 Å². The number of nitrogens with one attached hydrogen (secondary N) is 2. The van der Waals surface area contributed by atoms with Crippen molar-refractivity contribution >= 4 is 24.1 Å². The van der Waals surface area contributed by atoms with Gasteiger partial charge in [-0.3, -0.25) is 0 Å². The Hall–Kier alpha value is -3.54. The molecule has 0 aliphatic rings. The minimum absolute atomic E-state index is 0. The van der Waals surface area contributed by atoms with Crippen LogP contribution in [0.2, 0.25) is 0 Å². The second-order valence-corrected chi connectivity index (χ2v) is 11.7. The first-order chi connectivity index (χ1) is 18.7. The first kappa shape index (κ1) is 41.6. The number of oxazole rings is 2. The summed E-state index contributed by atoms with van der Waals surface area (Å²) in [6.45, 7) is 18.1. The Bertz CT molecular complexity index is 1180. The number of carbonyl (C=O) groups excluding carboxylic acids is 3. The quantitative estimate of drug-likeness (QED) is 0.223. The maximum absolute atomic E-state index is 11.8. The normalized spacial score (nSPS) is 12.4. The van der Waals surface area contributed by atoms with Gasteiger partial charge in [0, 0.05) is 0 Å². The van der Waals surface area contributed by atoms with E-state index >= 15 is 0 Å². The molecule has 0 aliphatic heterocycles. The number of carbonyl (C=O) groups is 4. The van der Waals surface area contributed by atoms with Crippen molar-refractivity contribution in [3.63, 3.8) is 0 Å². The third-order valence-electron chi connectivity index (χ3n) is 4.87. The fraction of sp³-hybridized carbons (Fsp3) is 0.630. The Kier molecular flexibility index (Phi) is 17.0. The third kappa shape index (κ3) is 15.0. The van der Waals surface area contributed by atoms with Gasteiger partial charge in [-0.25, -0.2) is 29.1 Å². The van der Waals surface area contributed by atoms with Gasteiger partial charge in [-0.2, -0.15) is 0 Å². The number of aromatic nitrogens is 2. The fourth-order valence-electron chi connectivity index (χ4n) is 3.05. The Morgan fingerprint density at radius 2 is 1.12 bits per heavy atom. The average molecular weight is 607 g/mol. The molecule has 0 saturated carbocycles. The number of amides is 2. The number of methoxy groups -OCH3 is 1. The van der Waals surface area contributed by atoms with Crippen LogP contribution in [-0.2, 0) is 14.2 Å². The molecule has 238 valence electrons. The topological polar surface area (TPSA) is 222 Å². The van der Waals surface area contributed by atoms with Crippen molar-refractivity contribution in [3.05, 3.63) is 35.7 Å². The zero-order chi connectivity index (χ0) is 31.7. The first-order valence-corrected chi connectivity index (χ1v) is 13.0. The molecule has 2 rings (SSSR count). The molecule has 2 unspecified atom stereocenters.